The fourth-order valence-corrected chi connectivity index (χ4v) is 6.33. The first kappa shape index (κ1) is 36.8. The van der Waals surface area contributed by atoms with Gasteiger partial charge in [-0.3, -0.25) is 19.2 Å². The van der Waals surface area contributed by atoms with Crippen molar-refractivity contribution in [3.63, 3.8) is 0 Å². The minimum atomic E-state index is -0.986. The predicted octanol–water partition coefficient (Wildman–Crippen LogP) is 2.11. The number of carbonyl (C=O) groups excluding carboxylic acids is 6. The van der Waals surface area contributed by atoms with E-state index in [0.29, 0.717) is 19.4 Å². The Morgan fingerprint density at radius 3 is 2.13 bits per heavy atom. The highest BCUT2D eigenvalue weighted by molar-refractivity contribution is 6.38. The highest BCUT2D eigenvalue weighted by Crippen LogP contribution is 2.65. The van der Waals surface area contributed by atoms with Gasteiger partial charge < -0.3 is 36.2 Å². The SMILES string of the molecule is C=CCNC(=O)C(=O)C(NC(=O)[C@@H]1[C@@H]2[C@H](CN1C(=O)[C@@H](NC(=O)N[C@H](CNC(=O)OC(C)C)C(C)C)C(C)(C)C)C2(C)C)C1CC1. The fourth-order valence-electron chi connectivity index (χ4n) is 6.33. The number of urea groups is 1. The fraction of sp³-hybridized carbons (Fsp3) is 0.758. The van der Waals surface area contributed by atoms with E-state index in [2.05, 4.69) is 47.0 Å². The highest BCUT2D eigenvalue weighted by Gasteiger charge is 2.70. The largest absolute Gasteiger partial charge is 0.447 e. The third-order valence-electron chi connectivity index (χ3n) is 9.38. The third kappa shape index (κ3) is 8.79. The van der Waals surface area contributed by atoms with Crippen LogP contribution in [0.25, 0.3) is 0 Å². The van der Waals surface area contributed by atoms with Crippen molar-refractivity contribution in [3.05, 3.63) is 12.7 Å². The molecule has 0 aromatic carbocycles. The second kappa shape index (κ2) is 14.4. The minimum Gasteiger partial charge on any atom is -0.447 e. The normalized spacial score (nSPS) is 23.4. The van der Waals surface area contributed by atoms with E-state index >= 15 is 0 Å². The van der Waals surface area contributed by atoms with Crippen LogP contribution < -0.4 is 26.6 Å². The molecule has 3 rings (SSSR count). The Hall–Kier alpha value is -3.64. The van der Waals surface area contributed by atoms with E-state index < -0.39 is 65.2 Å². The molecule has 0 radical (unpaired) electrons. The maximum atomic E-state index is 14.2. The summed E-state index contributed by atoms with van der Waals surface area (Å²) in [6, 6.07) is -3.85. The summed E-state index contributed by atoms with van der Waals surface area (Å²) >= 11 is 0. The Labute approximate surface area is 272 Å². The Bertz CT molecular complexity index is 1210. The third-order valence-corrected chi connectivity index (χ3v) is 9.38. The number of nitrogens with zero attached hydrogens (tertiary/aromatic N) is 1. The summed E-state index contributed by atoms with van der Waals surface area (Å²) in [5, 5.41) is 13.7. The van der Waals surface area contributed by atoms with Crippen LogP contribution in [-0.4, -0.2) is 90.4 Å². The van der Waals surface area contributed by atoms with E-state index in [1.807, 2.05) is 34.6 Å². The zero-order valence-electron chi connectivity index (χ0n) is 28.8. The van der Waals surface area contributed by atoms with Crippen molar-refractivity contribution in [2.24, 2.45) is 34.5 Å². The molecule has 0 spiro atoms. The number of rotatable bonds is 14. The molecule has 2 saturated carbocycles. The molecule has 1 unspecified atom stereocenters. The number of nitrogens with one attached hydrogen (secondary N) is 5. The topological polar surface area (TPSA) is 175 Å². The summed E-state index contributed by atoms with van der Waals surface area (Å²) < 4.78 is 5.12. The summed E-state index contributed by atoms with van der Waals surface area (Å²) in [5.41, 5.74) is -0.907. The average Bonchev–Trinajstić information content (AvgIpc) is 3.82. The van der Waals surface area contributed by atoms with E-state index in [9.17, 15) is 28.8 Å². The van der Waals surface area contributed by atoms with Crippen LogP contribution in [0.2, 0.25) is 0 Å². The van der Waals surface area contributed by atoms with Crippen LogP contribution >= 0.6 is 0 Å². The number of ketones is 1. The van der Waals surface area contributed by atoms with Gasteiger partial charge in [-0.1, -0.05) is 54.5 Å². The number of fused-ring (bicyclic) bond motifs is 1. The zero-order chi connectivity index (χ0) is 34.7. The Kier molecular flexibility index (Phi) is 11.5. The van der Waals surface area contributed by atoms with Gasteiger partial charge in [0.1, 0.15) is 18.1 Å². The maximum absolute atomic E-state index is 14.2. The summed E-state index contributed by atoms with van der Waals surface area (Å²) in [5.74, 6) is -2.59. The summed E-state index contributed by atoms with van der Waals surface area (Å²) in [4.78, 5) is 80.5. The molecular weight excluding hydrogens is 592 g/mol. The van der Waals surface area contributed by atoms with Gasteiger partial charge in [-0.2, -0.15) is 0 Å². The van der Waals surface area contributed by atoms with Crippen LogP contribution in [-0.2, 0) is 23.9 Å². The van der Waals surface area contributed by atoms with Gasteiger partial charge in [-0.15, -0.1) is 6.58 Å². The van der Waals surface area contributed by atoms with Crippen molar-refractivity contribution in [1.82, 2.24) is 31.5 Å². The molecule has 0 bridgehead atoms. The first-order chi connectivity index (χ1) is 21.3. The van der Waals surface area contributed by atoms with E-state index in [4.69, 9.17) is 4.74 Å². The van der Waals surface area contributed by atoms with Crippen LogP contribution in [0.4, 0.5) is 9.59 Å². The molecule has 1 heterocycles. The highest BCUT2D eigenvalue weighted by atomic mass is 16.6. The van der Waals surface area contributed by atoms with Crippen molar-refractivity contribution < 1.29 is 33.5 Å². The molecule has 13 nitrogen and oxygen atoms in total. The minimum absolute atomic E-state index is 0.0455. The molecule has 46 heavy (non-hydrogen) atoms. The van der Waals surface area contributed by atoms with Gasteiger partial charge in [-0.25, -0.2) is 9.59 Å². The molecule has 6 atom stereocenters. The molecule has 0 aromatic rings. The quantitative estimate of drug-likeness (QED) is 0.142. The Morgan fingerprint density at radius 1 is 0.978 bits per heavy atom. The van der Waals surface area contributed by atoms with Gasteiger partial charge in [0.15, 0.2) is 0 Å². The molecule has 5 N–H and O–H groups in total. The van der Waals surface area contributed by atoms with Gasteiger partial charge in [0.05, 0.1) is 12.1 Å². The number of hydrogen-bond acceptors (Lipinski definition) is 7. The van der Waals surface area contributed by atoms with Gasteiger partial charge >= 0.3 is 12.1 Å². The Balaban J connectivity index is 1.76. The number of amides is 6. The van der Waals surface area contributed by atoms with Crippen LogP contribution in [0.3, 0.4) is 0 Å². The first-order valence-corrected chi connectivity index (χ1v) is 16.4. The van der Waals surface area contributed by atoms with E-state index in [1.54, 1.807) is 13.8 Å². The lowest BCUT2D eigenvalue weighted by atomic mass is 9.85. The van der Waals surface area contributed by atoms with Crippen molar-refractivity contribution in [1.29, 1.82) is 0 Å². The maximum Gasteiger partial charge on any atom is 0.407 e. The monoisotopic (exact) mass is 646 g/mol. The molecule has 1 aliphatic heterocycles. The molecule has 3 fully saturated rings. The van der Waals surface area contributed by atoms with Crippen LogP contribution in [0.1, 0.15) is 75.2 Å². The van der Waals surface area contributed by atoms with Crippen LogP contribution in [0, 0.1) is 34.5 Å². The zero-order valence-corrected chi connectivity index (χ0v) is 28.8. The van der Waals surface area contributed by atoms with Crippen LogP contribution in [0.5, 0.6) is 0 Å². The lowest BCUT2D eigenvalue weighted by Gasteiger charge is -2.38. The molecule has 1 saturated heterocycles. The van der Waals surface area contributed by atoms with Crippen molar-refractivity contribution >= 4 is 35.6 Å². The Morgan fingerprint density at radius 2 is 1.61 bits per heavy atom. The summed E-state index contributed by atoms with van der Waals surface area (Å²) in [7, 11) is 0. The molecular formula is C33H54N6O7. The predicted molar refractivity (Wildman–Crippen MR) is 172 cm³/mol. The van der Waals surface area contributed by atoms with E-state index in [-0.39, 0.29) is 48.3 Å². The lowest BCUT2D eigenvalue weighted by molar-refractivity contribution is -0.145. The number of alkyl carbamates (subject to hydrolysis) is 1. The smallest absolute Gasteiger partial charge is 0.407 e. The van der Waals surface area contributed by atoms with Crippen molar-refractivity contribution in [2.45, 2.75) is 105 Å². The average molecular weight is 647 g/mol. The van der Waals surface area contributed by atoms with Gasteiger partial charge in [-0.05, 0) is 61.2 Å². The number of hydrogen-bond donors (Lipinski definition) is 5. The van der Waals surface area contributed by atoms with Crippen molar-refractivity contribution in [3.8, 4) is 0 Å². The first-order valence-electron chi connectivity index (χ1n) is 16.4. The van der Waals surface area contributed by atoms with E-state index in [1.165, 1.54) is 11.0 Å². The number of likely N-dealkylation sites (tertiary alicyclic amines) is 1. The second-order valence-corrected chi connectivity index (χ2v) is 15.2. The molecule has 13 heteroatoms. The summed E-state index contributed by atoms with van der Waals surface area (Å²) in [6.45, 7) is 21.0. The van der Waals surface area contributed by atoms with E-state index in [0.717, 1.165) is 0 Å². The van der Waals surface area contributed by atoms with Gasteiger partial charge in [0, 0.05) is 19.6 Å². The molecule has 3 aliphatic rings. The molecule has 258 valence electrons. The standard InChI is InChI=1S/C33H54N6O7/c1-11-14-34-28(42)25(40)23(19-12-13-19)37-27(41)24-22-20(33(22,9)10)16-39(24)29(43)26(32(6,7)8)38-30(44)36-21(17(2)3)15-35-31(45)46-18(4)5/h11,17-24,26H,1,12-16H2,2-10H3,(H,34,42)(H,35,45)(H,37,41)(H2,36,38,44)/t20-,21+,22-,23?,24-,26+/m0/s1. The second-order valence-electron chi connectivity index (χ2n) is 15.2. The lowest BCUT2D eigenvalue weighted by Crippen LogP contribution is -2.62. The number of piperidine rings is 1. The molecule has 6 amide bonds. The molecule has 0 aromatic heterocycles. The number of ether oxygens (including phenoxy) is 1. The number of carbonyl (C=O) groups is 6. The molecule has 2 aliphatic carbocycles. The van der Waals surface area contributed by atoms with Crippen LogP contribution in [0.15, 0.2) is 12.7 Å². The van der Waals surface area contributed by atoms with Gasteiger partial charge in [0.2, 0.25) is 17.6 Å². The van der Waals surface area contributed by atoms with Gasteiger partial charge in [0.25, 0.3) is 5.91 Å². The van der Waals surface area contributed by atoms with Crippen molar-refractivity contribution in [2.75, 3.05) is 19.6 Å². The number of Topliss-reactive ketones (excluding diaryl/α,β-unsaturated/α-hetero) is 1. The summed E-state index contributed by atoms with van der Waals surface area (Å²) in [6.07, 6.45) is 2.02.